The van der Waals surface area contributed by atoms with Crippen LogP contribution in [0.2, 0.25) is 0 Å². The van der Waals surface area contributed by atoms with Gasteiger partial charge >= 0.3 is 0 Å². The average molecular weight is 256 g/mol. The van der Waals surface area contributed by atoms with Gasteiger partial charge in [-0.3, -0.25) is 0 Å². The van der Waals surface area contributed by atoms with Crippen LogP contribution in [0.4, 0.5) is 5.13 Å². The van der Waals surface area contributed by atoms with Gasteiger partial charge in [-0.25, -0.2) is 4.98 Å². The molecule has 17 heavy (non-hydrogen) atoms. The molecule has 1 fully saturated rings. The number of ether oxygens (including phenoxy) is 1. The summed E-state index contributed by atoms with van der Waals surface area (Å²) in [5.74, 6) is 1.34. The number of rotatable bonds is 4. The van der Waals surface area contributed by atoms with E-state index < -0.39 is 0 Å². The molecule has 1 aromatic rings. The third-order valence-corrected chi connectivity index (χ3v) is 3.58. The van der Waals surface area contributed by atoms with E-state index in [9.17, 15) is 0 Å². The highest BCUT2D eigenvalue weighted by atomic mass is 32.1. The highest BCUT2D eigenvalue weighted by Gasteiger charge is 2.22. The van der Waals surface area contributed by atoms with E-state index in [4.69, 9.17) is 4.74 Å². The summed E-state index contributed by atoms with van der Waals surface area (Å²) in [6, 6.07) is 0. The van der Waals surface area contributed by atoms with E-state index in [1.54, 1.807) is 0 Å². The van der Waals surface area contributed by atoms with Crippen LogP contribution in [0.5, 0.6) is 0 Å². The second-order valence-corrected chi connectivity index (χ2v) is 5.32. The summed E-state index contributed by atoms with van der Waals surface area (Å²) >= 11 is 1.49. The van der Waals surface area contributed by atoms with E-state index in [2.05, 4.69) is 33.4 Å². The number of anilines is 1. The van der Waals surface area contributed by atoms with E-state index >= 15 is 0 Å². The smallest absolute Gasteiger partial charge is 0.205 e. The number of nitrogens with zero attached hydrogens (tertiary/aromatic N) is 3. The fraction of sp³-hybridized carbons (Fsp3) is 0.818. The van der Waals surface area contributed by atoms with Gasteiger partial charge in [0, 0.05) is 37.1 Å². The summed E-state index contributed by atoms with van der Waals surface area (Å²) in [6.45, 7) is 7.69. The molecule has 1 aliphatic heterocycles. The average Bonchev–Trinajstić information content (AvgIpc) is 2.79. The van der Waals surface area contributed by atoms with Crippen molar-refractivity contribution in [3.8, 4) is 0 Å². The van der Waals surface area contributed by atoms with Crippen LogP contribution < -0.4 is 10.2 Å². The van der Waals surface area contributed by atoms with Gasteiger partial charge in [-0.2, -0.15) is 4.37 Å². The van der Waals surface area contributed by atoms with Crippen molar-refractivity contribution in [1.29, 1.82) is 0 Å². The lowest BCUT2D eigenvalue weighted by atomic mass is 10.2. The molecule has 0 aromatic carbocycles. The van der Waals surface area contributed by atoms with E-state index in [1.165, 1.54) is 11.5 Å². The molecule has 96 valence electrons. The Labute approximate surface area is 106 Å². The molecule has 2 rings (SSSR count). The Kier molecular flexibility index (Phi) is 4.31. The predicted molar refractivity (Wildman–Crippen MR) is 69.9 cm³/mol. The first-order valence-corrected chi connectivity index (χ1v) is 6.82. The van der Waals surface area contributed by atoms with Gasteiger partial charge in [0.1, 0.15) is 5.82 Å². The Morgan fingerprint density at radius 2 is 2.41 bits per heavy atom. The zero-order valence-electron chi connectivity index (χ0n) is 10.6. The number of hydrogen-bond acceptors (Lipinski definition) is 6. The lowest BCUT2D eigenvalue weighted by Gasteiger charge is -2.32. The van der Waals surface area contributed by atoms with Crippen LogP contribution in [-0.2, 0) is 4.74 Å². The molecule has 1 atom stereocenters. The molecule has 5 nitrogen and oxygen atoms in total. The monoisotopic (exact) mass is 256 g/mol. The van der Waals surface area contributed by atoms with Crippen LogP contribution in [0.1, 0.15) is 25.6 Å². The second-order valence-electron chi connectivity index (χ2n) is 4.59. The fourth-order valence-corrected chi connectivity index (χ4v) is 2.68. The number of morpholine rings is 1. The van der Waals surface area contributed by atoms with Gasteiger partial charge in [-0.1, -0.05) is 13.8 Å². The van der Waals surface area contributed by atoms with Crippen LogP contribution in [0.3, 0.4) is 0 Å². The third-order valence-electron chi connectivity index (χ3n) is 2.79. The molecule has 6 heteroatoms. The molecule has 1 aromatic heterocycles. The molecule has 1 unspecified atom stereocenters. The number of aromatic nitrogens is 2. The minimum Gasteiger partial charge on any atom is -0.373 e. The maximum absolute atomic E-state index is 5.68. The molecule has 1 aliphatic rings. The normalized spacial score (nSPS) is 21.2. The number of hydrogen-bond donors (Lipinski definition) is 1. The summed E-state index contributed by atoms with van der Waals surface area (Å²) in [5.41, 5.74) is 0. The zero-order valence-corrected chi connectivity index (χ0v) is 11.5. The van der Waals surface area contributed by atoms with Gasteiger partial charge in [0.25, 0.3) is 0 Å². The SMILES string of the molecule is CNCC1CN(c2nc(C(C)C)ns2)CCO1. The maximum Gasteiger partial charge on any atom is 0.205 e. The predicted octanol–water partition coefficient (Wildman–Crippen LogP) is 1.09. The van der Waals surface area contributed by atoms with Crippen molar-refractivity contribution in [3.05, 3.63) is 5.82 Å². The first-order chi connectivity index (χ1) is 8.20. The van der Waals surface area contributed by atoms with Gasteiger partial charge in [-0.15, -0.1) is 0 Å². The summed E-state index contributed by atoms with van der Waals surface area (Å²) < 4.78 is 10.1. The van der Waals surface area contributed by atoms with Crippen molar-refractivity contribution in [1.82, 2.24) is 14.7 Å². The second kappa shape index (κ2) is 5.75. The minimum atomic E-state index is 0.250. The molecule has 1 saturated heterocycles. The van der Waals surface area contributed by atoms with Crippen molar-refractivity contribution in [2.24, 2.45) is 0 Å². The van der Waals surface area contributed by atoms with Crippen molar-refractivity contribution < 1.29 is 4.74 Å². The molecule has 0 aliphatic carbocycles. The van der Waals surface area contributed by atoms with Gasteiger partial charge in [0.15, 0.2) is 0 Å². The Balaban J connectivity index is 2.00. The van der Waals surface area contributed by atoms with E-state index in [0.29, 0.717) is 5.92 Å². The van der Waals surface area contributed by atoms with Gasteiger partial charge in [0.05, 0.1) is 12.7 Å². The van der Waals surface area contributed by atoms with Crippen molar-refractivity contribution in [3.63, 3.8) is 0 Å². The lowest BCUT2D eigenvalue weighted by molar-refractivity contribution is 0.0421. The molecular formula is C11H20N4OS. The number of likely N-dealkylation sites (N-methyl/N-ethyl adjacent to an activating group) is 1. The Morgan fingerprint density at radius 1 is 1.59 bits per heavy atom. The molecule has 2 heterocycles. The van der Waals surface area contributed by atoms with Gasteiger partial charge < -0.3 is 15.0 Å². The lowest BCUT2D eigenvalue weighted by Crippen LogP contribution is -2.46. The Bertz CT molecular complexity index is 353. The highest BCUT2D eigenvalue weighted by Crippen LogP contribution is 2.23. The van der Waals surface area contributed by atoms with E-state index in [1.807, 2.05) is 7.05 Å². The van der Waals surface area contributed by atoms with Crippen LogP contribution in [0.15, 0.2) is 0 Å². The van der Waals surface area contributed by atoms with Crippen LogP contribution in [-0.4, -0.2) is 48.8 Å². The summed E-state index contributed by atoms with van der Waals surface area (Å²) in [7, 11) is 1.95. The molecule has 0 spiro atoms. The molecule has 0 amide bonds. The first-order valence-electron chi connectivity index (χ1n) is 6.05. The molecule has 0 saturated carbocycles. The topological polar surface area (TPSA) is 50.3 Å². The van der Waals surface area contributed by atoms with Crippen molar-refractivity contribution >= 4 is 16.7 Å². The largest absolute Gasteiger partial charge is 0.373 e. The summed E-state index contributed by atoms with van der Waals surface area (Å²) in [4.78, 5) is 6.86. The maximum atomic E-state index is 5.68. The molecule has 1 N–H and O–H groups in total. The fourth-order valence-electron chi connectivity index (χ4n) is 1.83. The Morgan fingerprint density at radius 3 is 3.06 bits per heavy atom. The van der Waals surface area contributed by atoms with Crippen molar-refractivity contribution in [2.45, 2.75) is 25.9 Å². The number of nitrogens with one attached hydrogen (secondary N) is 1. The molecular weight excluding hydrogens is 236 g/mol. The zero-order chi connectivity index (χ0) is 12.3. The minimum absolute atomic E-state index is 0.250. The van der Waals surface area contributed by atoms with E-state index in [0.717, 1.165) is 37.2 Å². The standard InChI is InChI=1S/C11H20N4OS/c1-8(2)10-13-11(17-14-10)15-4-5-16-9(7-15)6-12-3/h8-9,12H,4-7H2,1-3H3. The highest BCUT2D eigenvalue weighted by molar-refractivity contribution is 7.09. The Hall–Kier alpha value is -0.720. The van der Waals surface area contributed by atoms with Gasteiger partial charge in [-0.05, 0) is 7.05 Å². The molecule has 0 bridgehead atoms. The summed E-state index contributed by atoms with van der Waals surface area (Å²) in [6.07, 6.45) is 0.250. The first kappa shape index (κ1) is 12.7. The van der Waals surface area contributed by atoms with Gasteiger partial charge in [0.2, 0.25) is 5.13 Å². The molecule has 0 radical (unpaired) electrons. The van der Waals surface area contributed by atoms with Crippen molar-refractivity contribution in [2.75, 3.05) is 38.2 Å². The van der Waals surface area contributed by atoms with Crippen LogP contribution in [0.25, 0.3) is 0 Å². The quantitative estimate of drug-likeness (QED) is 0.874. The summed E-state index contributed by atoms with van der Waals surface area (Å²) in [5, 5.41) is 4.17. The third kappa shape index (κ3) is 3.14. The van der Waals surface area contributed by atoms with Crippen LogP contribution in [0, 0.1) is 0 Å². The van der Waals surface area contributed by atoms with Crippen LogP contribution >= 0.6 is 11.5 Å². The van der Waals surface area contributed by atoms with E-state index in [-0.39, 0.29) is 6.10 Å².